The van der Waals surface area contributed by atoms with E-state index in [0.717, 1.165) is 16.7 Å². The lowest BCUT2D eigenvalue weighted by Gasteiger charge is -2.30. The Morgan fingerprint density at radius 2 is 1.69 bits per heavy atom. The Bertz CT molecular complexity index is 816. The first-order chi connectivity index (χ1) is 13.8. The molecule has 5 nitrogen and oxygen atoms in total. The monoisotopic (exact) mass is 400 g/mol. The van der Waals surface area contributed by atoms with Crippen LogP contribution in [0.4, 0.5) is 4.39 Å². The van der Waals surface area contributed by atoms with Gasteiger partial charge in [0.15, 0.2) is 6.61 Å². The second-order valence-corrected chi connectivity index (χ2v) is 7.08. The lowest BCUT2D eigenvalue weighted by Crippen LogP contribution is -2.50. The Morgan fingerprint density at radius 1 is 1.07 bits per heavy atom. The second-order valence-electron chi connectivity index (χ2n) is 7.08. The van der Waals surface area contributed by atoms with E-state index in [1.807, 2.05) is 45.9 Å². The van der Waals surface area contributed by atoms with E-state index in [4.69, 9.17) is 4.74 Å². The van der Waals surface area contributed by atoms with E-state index in [9.17, 15) is 14.0 Å². The molecule has 0 saturated heterocycles. The summed E-state index contributed by atoms with van der Waals surface area (Å²) < 4.78 is 19.0. The molecule has 0 bridgehead atoms. The molecule has 0 aromatic heterocycles. The number of carbonyl (C=O) groups excluding carboxylic acids is 2. The number of aryl methyl sites for hydroxylation is 2. The third-order valence-electron chi connectivity index (χ3n) is 4.56. The van der Waals surface area contributed by atoms with Crippen molar-refractivity contribution in [1.29, 1.82) is 0 Å². The number of ether oxygens (including phenoxy) is 1. The highest BCUT2D eigenvalue weighted by atomic mass is 19.1. The molecule has 0 fully saturated rings. The van der Waals surface area contributed by atoms with Crippen LogP contribution in [0.1, 0.15) is 37.0 Å². The second kappa shape index (κ2) is 10.6. The molecule has 1 N–H and O–H groups in total. The Labute approximate surface area is 171 Å². The van der Waals surface area contributed by atoms with Crippen LogP contribution in [0.5, 0.6) is 5.75 Å². The number of halogens is 1. The summed E-state index contributed by atoms with van der Waals surface area (Å²) in [7, 11) is 0. The molecule has 2 rings (SSSR count). The van der Waals surface area contributed by atoms with Gasteiger partial charge < -0.3 is 15.0 Å². The molecule has 0 aliphatic heterocycles. The van der Waals surface area contributed by atoms with Crippen molar-refractivity contribution in [2.75, 3.05) is 13.2 Å². The van der Waals surface area contributed by atoms with Crippen LogP contribution < -0.4 is 10.1 Å². The maximum Gasteiger partial charge on any atom is 0.261 e. The molecule has 0 unspecified atom stereocenters. The fraction of sp³-hybridized carbons (Fsp3) is 0.391. The molecule has 0 spiro atoms. The molecule has 0 aliphatic carbocycles. The molecule has 0 aliphatic rings. The molecule has 29 heavy (non-hydrogen) atoms. The largest absolute Gasteiger partial charge is 0.484 e. The first-order valence-electron chi connectivity index (χ1n) is 9.86. The topological polar surface area (TPSA) is 58.6 Å². The quantitative estimate of drug-likeness (QED) is 0.697. The Kier molecular flexibility index (Phi) is 8.19. The first kappa shape index (κ1) is 22.4. The van der Waals surface area contributed by atoms with Crippen LogP contribution in [0, 0.1) is 19.7 Å². The molecular formula is C23H29FN2O3. The summed E-state index contributed by atoms with van der Waals surface area (Å²) in [5.74, 6) is -0.243. The van der Waals surface area contributed by atoms with Gasteiger partial charge in [-0.15, -0.1) is 0 Å². The Balaban J connectivity index is 2.20. The number of likely N-dealkylation sites (N-methyl/N-ethyl adjacent to an activating group) is 1. The van der Waals surface area contributed by atoms with Crippen molar-refractivity contribution in [2.24, 2.45) is 0 Å². The van der Waals surface area contributed by atoms with Crippen molar-refractivity contribution < 1.29 is 18.7 Å². The van der Waals surface area contributed by atoms with Crippen LogP contribution in [-0.4, -0.2) is 35.9 Å². The maximum absolute atomic E-state index is 13.2. The lowest BCUT2D eigenvalue weighted by molar-refractivity contribution is -0.142. The van der Waals surface area contributed by atoms with Gasteiger partial charge in [0.1, 0.15) is 17.6 Å². The van der Waals surface area contributed by atoms with Crippen LogP contribution in [0.25, 0.3) is 0 Å². The minimum absolute atomic E-state index is 0.181. The van der Waals surface area contributed by atoms with Crippen LogP contribution in [0.2, 0.25) is 0 Å². The Hall–Kier alpha value is -2.89. The average molecular weight is 400 g/mol. The third-order valence-corrected chi connectivity index (χ3v) is 4.56. The highest BCUT2D eigenvalue weighted by molar-refractivity contribution is 5.88. The number of amides is 2. The molecule has 2 aromatic carbocycles. The van der Waals surface area contributed by atoms with Crippen LogP contribution in [0.15, 0.2) is 42.5 Å². The van der Waals surface area contributed by atoms with Gasteiger partial charge in [-0.3, -0.25) is 9.59 Å². The number of hydrogen-bond acceptors (Lipinski definition) is 3. The van der Waals surface area contributed by atoms with E-state index >= 15 is 0 Å². The van der Waals surface area contributed by atoms with Crippen molar-refractivity contribution >= 4 is 11.8 Å². The smallest absolute Gasteiger partial charge is 0.261 e. The number of carbonyl (C=O) groups is 2. The summed E-state index contributed by atoms with van der Waals surface area (Å²) in [4.78, 5) is 27.0. The Morgan fingerprint density at radius 3 is 2.24 bits per heavy atom. The van der Waals surface area contributed by atoms with E-state index in [1.165, 1.54) is 17.0 Å². The summed E-state index contributed by atoms with van der Waals surface area (Å²) in [6.07, 6.45) is 0.461. The van der Waals surface area contributed by atoms with Gasteiger partial charge in [-0.2, -0.15) is 0 Å². The minimum atomic E-state index is -0.629. The van der Waals surface area contributed by atoms with E-state index < -0.39 is 6.04 Å². The summed E-state index contributed by atoms with van der Waals surface area (Å²) in [5.41, 5.74) is 2.84. The van der Waals surface area contributed by atoms with Gasteiger partial charge in [-0.05, 0) is 68.1 Å². The molecular weight excluding hydrogens is 371 g/mol. The zero-order valence-corrected chi connectivity index (χ0v) is 17.5. The van der Waals surface area contributed by atoms with Crippen molar-refractivity contribution in [2.45, 2.75) is 46.7 Å². The van der Waals surface area contributed by atoms with Crippen molar-refractivity contribution in [3.63, 3.8) is 0 Å². The molecule has 0 saturated carbocycles. The number of nitrogens with one attached hydrogen (secondary N) is 1. The fourth-order valence-corrected chi connectivity index (χ4v) is 3.24. The van der Waals surface area contributed by atoms with Crippen molar-refractivity contribution in [3.05, 3.63) is 65.0 Å². The van der Waals surface area contributed by atoms with Gasteiger partial charge in [0.2, 0.25) is 5.91 Å². The van der Waals surface area contributed by atoms with Crippen molar-refractivity contribution in [1.82, 2.24) is 10.2 Å². The summed E-state index contributed by atoms with van der Waals surface area (Å²) in [6, 6.07) is 11.1. The predicted molar refractivity (Wildman–Crippen MR) is 111 cm³/mol. The lowest BCUT2D eigenvalue weighted by atomic mass is 10.1. The number of rotatable bonds is 9. The molecule has 2 aromatic rings. The first-order valence-corrected chi connectivity index (χ1v) is 9.86. The molecule has 156 valence electrons. The highest BCUT2D eigenvalue weighted by Crippen LogP contribution is 2.18. The summed E-state index contributed by atoms with van der Waals surface area (Å²) in [5, 5.41) is 2.78. The van der Waals surface area contributed by atoms with E-state index in [2.05, 4.69) is 5.32 Å². The molecule has 0 radical (unpaired) electrons. The molecule has 1 atom stereocenters. The minimum Gasteiger partial charge on any atom is -0.484 e. The maximum atomic E-state index is 13.2. The number of benzene rings is 2. The average Bonchev–Trinajstić information content (AvgIpc) is 2.67. The van der Waals surface area contributed by atoms with Gasteiger partial charge in [-0.1, -0.05) is 25.1 Å². The van der Waals surface area contributed by atoms with Gasteiger partial charge in [0.05, 0.1) is 0 Å². The standard InChI is InChI=1S/C23H29FN2O3/c1-5-21(23(28)25-6-2)26(14-18-7-9-19(24)10-8-18)22(27)15-29-20-12-16(3)11-17(4)13-20/h7-13,21H,5-6,14-15H2,1-4H3,(H,25,28)/t21-/m1/s1. The fourth-order valence-electron chi connectivity index (χ4n) is 3.24. The van der Waals surface area contributed by atoms with Crippen molar-refractivity contribution in [3.8, 4) is 5.75 Å². The zero-order valence-electron chi connectivity index (χ0n) is 17.5. The van der Waals surface area contributed by atoms with Gasteiger partial charge in [0, 0.05) is 13.1 Å². The number of hydrogen-bond donors (Lipinski definition) is 1. The molecule has 6 heteroatoms. The number of nitrogens with zero attached hydrogens (tertiary/aromatic N) is 1. The summed E-state index contributed by atoms with van der Waals surface area (Å²) in [6.45, 7) is 8.11. The van der Waals surface area contributed by atoms with Gasteiger partial charge in [-0.25, -0.2) is 4.39 Å². The highest BCUT2D eigenvalue weighted by Gasteiger charge is 2.28. The third kappa shape index (κ3) is 6.59. The zero-order chi connectivity index (χ0) is 21.4. The van der Waals surface area contributed by atoms with Crippen LogP contribution in [0.3, 0.4) is 0 Å². The molecule has 2 amide bonds. The van der Waals surface area contributed by atoms with Crippen LogP contribution >= 0.6 is 0 Å². The van der Waals surface area contributed by atoms with Gasteiger partial charge >= 0.3 is 0 Å². The normalized spacial score (nSPS) is 11.6. The van der Waals surface area contributed by atoms with Gasteiger partial charge in [0.25, 0.3) is 5.91 Å². The molecule has 0 heterocycles. The van der Waals surface area contributed by atoms with E-state index in [0.29, 0.717) is 18.7 Å². The van der Waals surface area contributed by atoms with Crippen LogP contribution in [-0.2, 0) is 16.1 Å². The summed E-state index contributed by atoms with van der Waals surface area (Å²) >= 11 is 0. The van der Waals surface area contributed by atoms with E-state index in [-0.39, 0.29) is 30.8 Å². The SMILES string of the molecule is CCNC(=O)[C@@H](CC)N(Cc1ccc(F)cc1)C(=O)COc1cc(C)cc(C)c1. The predicted octanol–water partition coefficient (Wildman–Crippen LogP) is 3.76. The van der Waals surface area contributed by atoms with E-state index in [1.54, 1.807) is 12.1 Å².